The topological polar surface area (TPSA) is 54.9 Å². The highest BCUT2D eigenvalue weighted by Crippen LogP contribution is 2.34. The van der Waals surface area contributed by atoms with Gasteiger partial charge in [-0.2, -0.15) is 20.5 Å². The number of alkyl halides is 2. The largest absolute Gasteiger partial charge is 0.434 e. The van der Waals surface area contributed by atoms with Gasteiger partial charge < -0.3 is 20.1 Å². The number of nitrogens with one attached hydrogen (secondary N) is 2. The number of guanidine groups is 1. The van der Waals surface area contributed by atoms with E-state index < -0.39 is 6.61 Å². The normalized spacial score (nSPS) is 17.0. The molecule has 2 N–H and O–H groups in total. The Hall–Kier alpha value is -1.54. The fourth-order valence-electron chi connectivity index (χ4n) is 3.02. The van der Waals surface area contributed by atoms with Crippen LogP contribution in [0.3, 0.4) is 0 Å². The maximum absolute atomic E-state index is 12.6. The third kappa shape index (κ3) is 7.18. The minimum absolute atomic E-state index is 0.139. The second-order valence-electron chi connectivity index (χ2n) is 6.26. The van der Waals surface area contributed by atoms with E-state index >= 15 is 0 Å². The summed E-state index contributed by atoms with van der Waals surface area (Å²) in [5.41, 5.74) is 0.624. The van der Waals surface area contributed by atoms with E-state index in [4.69, 9.17) is 4.74 Å². The van der Waals surface area contributed by atoms with E-state index in [1.807, 2.05) is 18.7 Å². The van der Waals surface area contributed by atoms with Gasteiger partial charge in [0.2, 0.25) is 0 Å². The van der Waals surface area contributed by atoms with Gasteiger partial charge >= 0.3 is 6.61 Å². The number of ether oxygens (including phenoxy) is 2. The zero-order valence-corrected chi connectivity index (χ0v) is 16.8. The molecule has 1 aromatic rings. The van der Waals surface area contributed by atoms with Gasteiger partial charge in [-0.05, 0) is 31.6 Å². The molecule has 1 aliphatic heterocycles. The summed E-state index contributed by atoms with van der Waals surface area (Å²) in [5, 5.41) is 6.64. The lowest BCUT2D eigenvalue weighted by molar-refractivity contribution is -0.0504. The van der Waals surface area contributed by atoms with Gasteiger partial charge in [0.15, 0.2) is 5.96 Å². The molecule has 0 saturated carbocycles. The second kappa shape index (κ2) is 11.3. The van der Waals surface area contributed by atoms with Gasteiger partial charge in [-0.25, -0.2) is 4.99 Å². The first-order chi connectivity index (χ1) is 13.1. The fourth-order valence-corrected chi connectivity index (χ4v) is 4.26. The first-order valence-corrected chi connectivity index (χ1v) is 10.3. The molecule has 1 heterocycles. The Morgan fingerprint density at radius 3 is 2.67 bits per heavy atom. The van der Waals surface area contributed by atoms with E-state index in [9.17, 15) is 8.78 Å². The third-order valence-corrected chi connectivity index (χ3v) is 5.83. The summed E-state index contributed by atoms with van der Waals surface area (Å²) in [5.74, 6) is 1.88. The van der Waals surface area contributed by atoms with Crippen LogP contribution in [0.25, 0.3) is 0 Å². The lowest BCUT2D eigenvalue weighted by Gasteiger charge is -2.37. The second-order valence-corrected chi connectivity index (χ2v) is 8.00. The summed E-state index contributed by atoms with van der Waals surface area (Å²) in [6.07, 6.45) is 2.01. The summed E-state index contributed by atoms with van der Waals surface area (Å²) in [6, 6.07) is 6.74. The van der Waals surface area contributed by atoms with Crippen molar-refractivity contribution in [2.24, 2.45) is 4.99 Å². The fraction of sp³-hybridized carbons (Fsp3) is 0.632. The van der Waals surface area contributed by atoms with Gasteiger partial charge in [-0.1, -0.05) is 25.1 Å². The predicted molar refractivity (Wildman–Crippen MR) is 107 cm³/mol. The maximum Gasteiger partial charge on any atom is 0.387 e. The molecule has 0 aromatic heterocycles. The summed E-state index contributed by atoms with van der Waals surface area (Å²) in [7, 11) is 0. The highest BCUT2D eigenvalue weighted by atomic mass is 32.2. The molecule has 1 aliphatic rings. The molecule has 0 radical (unpaired) electrons. The van der Waals surface area contributed by atoms with E-state index in [1.54, 1.807) is 18.2 Å². The van der Waals surface area contributed by atoms with Crippen LogP contribution in [0.15, 0.2) is 29.3 Å². The Balaban J connectivity index is 2.03. The monoisotopic (exact) mass is 401 g/mol. The number of rotatable bonds is 9. The number of hydrogen-bond donors (Lipinski definition) is 2. The molecule has 0 bridgehead atoms. The van der Waals surface area contributed by atoms with Crippen molar-refractivity contribution < 1.29 is 18.3 Å². The van der Waals surface area contributed by atoms with Gasteiger partial charge in [0.25, 0.3) is 0 Å². The highest BCUT2D eigenvalue weighted by molar-refractivity contribution is 8.00. The Morgan fingerprint density at radius 1 is 1.26 bits per heavy atom. The molecule has 1 aromatic carbocycles. The molecule has 5 nitrogen and oxygen atoms in total. The number of halogens is 2. The Labute approximate surface area is 164 Å². The van der Waals surface area contributed by atoms with Crippen LogP contribution in [-0.2, 0) is 11.3 Å². The Bertz CT molecular complexity index is 591. The lowest BCUT2D eigenvalue weighted by Crippen LogP contribution is -2.48. The lowest BCUT2D eigenvalue weighted by atomic mass is 9.99. The predicted octanol–water partition coefficient (Wildman–Crippen LogP) is 3.65. The van der Waals surface area contributed by atoms with Crippen molar-refractivity contribution in [2.45, 2.75) is 44.6 Å². The van der Waals surface area contributed by atoms with E-state index in [-0.39, 0.29) is 17.0 Å². The number of hydrogen-bond acceptors (Lipinski definition) is 4. The van der Waals surface area contributed by atoms with E-state index in [0.29, 0.717) is 11.5 Å². The molecule has 0 unspecified atom stereocenters. The quantitative estimate of drug-likeness (QED) is 0.489. The van der Waals surface area contributed by atoms with Crippen molar-refractivity contribution in [3.63, 3.8) is 0 Å². The molecular formula is C19H29F2N3O2S. The molecule has 1 fully saturated rings. The molecule has 0 amide bonds. The van der Waals surface area contributed by atoms with Gasteiger partial charge in [0.05, 0.1) is 6.54 Å². The molecule has 1 saturated heterocycles. The molecule has 2 rings (SSSR count). The van der Waals surface area contributed by atoms with Crippen molar-refractivity contribution >= 4 is 17.7 Å². The van der Waals surface area contributed by atoms with E-state index in [0.717, 1.165) is 44.9 Å². The maximum atomic E-state index is 12.6. The van der Waals surface area contributed by atoms with Crippen LogP contribution < -0.4 is 15.4 Å². The molecule has 0 aliphatic carbocycles. The highest BCUT2D eigenvalue weighted by Gasteiger charge is 2.32. The molecule has 152 valence electrons. The zero-order valence-electron chi connectivity index (χ0n) is 16.0. The van der Waals surface area contributed by atoms with Crippen LogP contribution in [0.4, 0.5) is 8.78 Å². The van der Waals surface area contributed by atoms with Crippen molar-refractivity contribution in [1.29, 1.82) is 0 Å². The number of para-hydroxylation sites is 1. The van der Waals surface area contributed by atoms with Crippen LogP contribution in [0, 0.1) is 0 Å². The van der Waals surface area contributed by atoms with E-state index in [1.165, 1.54) is 6.07 Å². The van der Waals surface area contributed by atoms with Gasteiger partial charge in [-0.3, -0.25) is 0 Å². The summed E-state index contributed by atoms with van der Waals surface area (Å²) in [6.45, 7) is 4.64. The number of nitrogens with zero attached hydrogens (tertiary/aromatic N) is 1. The first kappa shape index (κ1) is 21.8. The van der Waals surface area contributed by atoms with Crippen LogP contribution in [0.5, 0.6) is 5.75 Å². The number of aliphatic imine (C=N–C) groups is 1. The SMILES string of the molecule is CCNC(=NCc1ccccc1OC(F)F)NCC1(SCC)CCOCC1. The van der Waals surface area contributed by atoms with Crippen LogP contribution >= 0.6 is 11.8 Å². The Kier molecular flexibility index (Phi) is 9.14. The summed E-state index contributed by atoms with van der Waals surface area (Å²) < 4.78 is 35.4. The Morgan fingerprint density at radius 2 is 2.00 bits per heavy atom. The van der Waals surface area contributed by atoms with Crippen molar-refractivity contribution in [3.8, 4) is 5.75 Å². The van der Waals surface area contributed by atoms with Gasteiger partial charge in [0.1, 0.15) is 5.75 Å². The third-order valence-electron chi connectivity index (χ3n) is 4.37. The average molecular weight is 402 g/mol. The minimum Gasteiger partial charge on any atom is -0.434 e. The molecule has 0 spiro atoms. The van der Waals surface area contributed by atoms with Crippen LogP contribution in [-0.4, -0.2) is 49.4 Å². The molecule has 8 heteroatoms. The molecule has 27 heavy (non-hydrogen) atoms. The van der Waals surface area contributed by atoms with Crippen molar-refractivity contribution in [2.75, 3.05) is 32.1 Å². The minimum atomic E-state index is -2.85. The first-order valence-electron chi connectivity index (χ1n) is 9.35. The van der Waals surface area contributed by atoms with Crippen LogP contribution in [0.2, 0.25) is 0 Å². The summed E-state index contributed by atoms with van der Waals surface area (Å²) >= 11 is 1.95. The number of thioether (sulfide) groups is 1. The molecular weight excluding hydrogens is 372 g/mol. The van der Waals surface area contributed by atoms with Crippen LogP contribution in [0.1, 0.15) is 32.3 Å². The molecule has 0 atom stereocenters. The van der Waals surface area contributed by atoms with Gasteiger partial charge in [-0.15, -0.1) is 0 Å². The van der Waals surface area contributed by atoms with Gasteiger partial charge in [0, 0.05) is 36.6 Å². The van der Waals surface area contributed by atoms with Crippen molar-refractivity contribution in [3.05, 3.63) is 29.8 Å². The average Bonchev–Trinajstić information content (AvgIpc) is 2.66. The standard InChI is InChI=1S/C19H29F2N3O2S/c1-3-22-18(24-14-19(27-4-2)9-11-25-12-10-19)23-13-15-7-5-6-8-16(15)26-17(20)21/h5-8,17H,3-4,9-14H2,1-2H3,(H2,22,23,24). The zero-order chi connectivity index (χ0) is 19.5. The summed E-state index contributed by atoms with van der Waals surface area (Å²) in [4.78, 5) is 4.56. The smallest absolute Gasteiger partial charge is 0.387 e. The van der Waals surface area contributed by atoms with Crippen molar-refractivity contribution in [1.82, 2.24) is 10.6 Å². The number of benzene rings is 1. The van der Waals surface area contributed by atoms with E-state index in [2.05, 4.69) is 27.3 Å².